The van der Waals surface area contributed by atoms with Crippen molar-refractivity contribution in [2.75, 3.05) is 5.32 Å². The molecule has 0 unspecified atom stereocenters. The van der Waals surface area contributed by atoms with E-state index in [1.165, 1.54) is 0 Å². The highest BCUT2D eigenvalue weighted by Crippen LogP contribution is 2.15. The van der Waals surface area contributed by atoms with E-state index in [-0.39, 0.29) is 5.91 Å². The SMILES string of the molecule is Cc1ccc(C(=O)Nc2cnc(-c3ccccc3)nc2)cc1. The van der Waals surface area contributed by atoms with Crippen LogP contribution in [-0.2, 0) is 0 Å². The maximum atomic E-state index is 12.1. The first-order valence-corrected chi connectivity index (χ1v) is 6.98. The Morgan fingerprint density at radius 3 is 2.18 bits per heavy atom. The molecule has 0 aliphatic heterocycles. The highest BCUT2D eigenvalue weighted by Gasteiger charge is 2.07. The average molecular weight is 289 g/mol. The van der Waals surface area contributed by atoms with Crippen LogP contribution in [0.3, 0.4) is 0 Å². The van der Waals surface area contributed by atoms with Gasteiger partial charge in [-0.25, -0.2) is 9.97 Å². The number of nitrogens with zero attached hydrogens (tertiary/aromatic N) is 2. The fourth-order valence-electron chi connectivity index (χ4n) is 2.04. The van der Waals surface area contributed by atoms with Crippen molar-refractivity contribution < 1.29 is 4.79 Å². The van der Waals surface area contributed by atoms with E-state index in [4.69, 9.17) is 0 Å². The Hall–Kier alpha value is -3.01. The number of carbonyl (C=O) groups excluding carboxylic acids is 1. The zero-order valence-electron chi connectivity index (χ0n) is 12.2. The van der Waals surface area contributed by atoms with Gasteiger partial charge in [0.1, 0.15) is 0 Å². The van der Waals surface area contributed by atoms with Crippen molar-refractivity contribution in [2.24, 2.45) is 0 Å². The van der Waals surface area contributed by atoms with E-state index in [2.05, 4.69) is 15.3 Å². The molecule has 22 heavy (non-hydrogen) atoms. The lowest BCUT2D eigenvalue weighted by atomic mass is 10.1. The number of hydrogen-bond donors (Lipinski definition) is 1. The summed E-state index contributed by atoms with van der Waals surface area (Å²) in [6.07, 6.45) is 3.23. The Bertz CT molecular complexity index is 766. The van der Waals surface area contributed by atoms with Gasteiger partial charge in [-0.3, -0.25) is 4.79 Å². The third kappa shape index (κ3) is 3.17. The predicted molar refractivity (Wildman–Crippen MR) is 86.6 cm³/mol. The van der Waals surface area contributed by atoms with Crippen LogP contribution in [0.5, 0.6) is 0 Å². The topological polar surface area (TPSA) is 54.9 Å². The zero-order chi connectivity index (χ0) is 15.4. The number of carbonyl (C=O) groups is 1. The molecule has 0 saturated heterocycles. The molecule has 1 aromatic heterocycles. The molecule has 0 fully saturated rings. The van der Waals surface area contributed by atoms with Crippen LogP contribution in [0.2, 0.25) is 0 Å². The zero-order valence-corrected chi connectivity index (χ0v) is 12.2. The molecule has 3 aromatic rings. The number of rotatable bonds is 3. The lowest BCUT2D eigenvalue weighted by Crippen LogP contribution is -2.12. The Morgan fingerprint density at radius 2 is 1.55 bits per heavy atom. The van der Waals surface area contributed by atoms with E-state index in [1.807, 2.05) is 49.4 Å². The molecular formula is C18H15N3O. The standard InChI is InChI=1S/C18H15N3O/c1-13-7-9-15(10-8-13)18(22)21-16-11-19-17(20-12-16)14-5-3-2-4-6-14/h2-12H,1H3,(H,21,22). The highest BCUT2D eigenvalue weighted by molar-refractivity contribution is 6.04. The second-order valence-corrected chi connectivity index (χ2v) is 4.98. The molecule has 1 amide bonds. The van der Waals surface area contributed by atoms with Crippen LogP contribution in [0.15, 0.2) is 67.0 Å². The number of aromatic nitrogens is 2. The van der Waals surface area contributed by atoms with Gasteiger partial charge in [-0.05, 0) is 19.1 Å². The lowest BCUT2D eigenvalue weighted by Gasteiger charge is -2.06. The normalized spacial score (nSPS) is 10.2. The van der Waals surface area contributed by atoms with Crippen LogP contribution in [0.4, 0.5) is 5.69 Å². The van der Waals surface area contributed by atoms with Gasteiger partial charge in [0.25, 0.3) is 5.91 Å². The molecule has 0 radical (unpaired) electrons. The van der Waals surface area contributed by atoms with E-state index in [9.17, 15) is 4.79 Å². The second-order valence-electron chi connectivity index (χ2n) is 4.98. The van der Waals surface area contributed by atoms with Gasteiger partial charge < -0.3 is 5.32 Å². The van der Waals surface area contributed by atoms with Gasteiger partial charge >= 0.3 is 0 Å². The fourth-order valence-corrected chi connectivity index (χ4v) is 2.04. The Balaban J connectivity index is 1.73. The molecule has 1 N–H and O–H groups in total. The summed E-state index contributed by atoms with van der Waals surface area (Å²) >= 11 is 0. The minimum atomic E-state index is -0.170. The first-order chi connectivity index (χ1) is 10.7. The Kier molecular flexibility index (Phi) is 3.92. The number of amides is 1. The van der Waals surface area contributed by atoms with Gasteiger partial charge in [0.2, 0.25) is 0 Å². The van der Waals surface area contributed by atoms with Crippen LogP contribution in [0, 0.1) is 6.92 Å². The van der Waals surface area contributed by atoms with Crippen molar-refractivity contribution in [2.45, 2.75) is 6.92 Å². The second kappa shape index (κ2) is 6.18. The number of aryl methyl sites for hydroxylation is 1. The van der Waals surface area contributed by atoms with Gasteiger partial charge in [0.05, 0.1) is 18.1 Å². The number of anilines is 1. The molecule has 4 nitrogen and oxygen atoms in total. The molecule has 4 heteroatoms. The first-order valence-electron chi connectivity index (χ1n) is 6.98. The first kappa shape index (κ1) is 13.9. The van der Waals surface area contributed by atoms with E-state index < -0.39 is 0 Å². The summed E-state index contributed by atoms with van der Waals surface area (Å²) in [5.41, 5.74) is 3.24. The molecule has 0 bridgehead atoms. The molecule has 0 saturated carbocycles. The summed E-state index contributed by atoms with van der Waals surface area (Å²) < 4.78 is 0. The molecule has 2 aromatic carbocycles. The van der Waals surface area contributed by atoms with E-state index in [1.54, 1.807) is 24.5 Å². The summed E-state index contributed by atoms with van der Waals surface area (Å²) in [4.78, 5) is 20.7. The molecule has 0 aliphatic carbocycles. The van der Waals surface area contributed by atoms with E-state index >= 15 is 0 Å². The molecule has 108 valence electrons. The minimum absolute atomic E-state index is 0.170. The third-order valence-corrected chi connectivity index (χ3v) is 3.26. The summed E-state index contributed by atoms with van der Waals surface area (Å²) in [5, 5.41) is 2.79. The van der Waals surface area contributed by atoms with Crippen molar-refractivity contribution in [3.63, 3.8) is 0 Å². The van der Waals surface area contributed by atoms with E-state index in [0.717, 1.165) is 11.1 Å². The van der Waals surface area contributed by atoms with Crippen LogP contribution in [0.25, 0.3) is 11.4 Å². The Labute approximate surface area is 128 Å². The van der Waals surface area contributed by atoms with E-state index in [0.29, 0.717) is 17.1 Å². The van der Waals surface area contributed by atoms with Gasteiger partial charge in [0, 0.05) is 11.1 Å². The third-order valence-electron chi connectivity index (χ3n) is 3.26. The number of benzene rings is 2. The average Bonchev–Trinajstić information content (AvgIpc) is 2.57. The molecule has 0 aliphatic rings. The number of hydrogen-bond acceptors (Lipinski definition) is 3. The highest BCUT2D eigenvalue weighted by atomic mass is 16.1. The molecule has 3 rings (SSSR count). The van der Waals surface area contributed by atoms with Gasteiger partial charge in [-0.1, -0.05) is 48.0 Å². The minimum Gasteiger partial charge on any atom is -0.319 e. The van der Waals surface area contributed by atoms with Crippen molar-refractivity contribution in [1.82, 2.24) is 9.97 Å². The molecule has 1 heterocycles. The molecule has 0 atom stereocenters. The fraction of sp³-hybridized carbons (Fsp3) is 0.0556. The largest absolute Gasteiger partial charge is 0.319 e. The van der Waals surface area contributed by atoms with Crippen molar-refractivity contribution in [3.05, 3.63) is 78.1 Å². The van der Waals surface area contributed by atoms with Gasteiger partial charge in [-0.15, -0.1) is 0 Å². The summed E-state index contributed by atoms with van der Waals surface area (Å²) in [6.45, 7) is 1.98. The van der Waals surface area contributed by atoms with Crippen molar-refractivity contribution in [3.8, 4) is 11.4 Å². The van der Waals surface area contributed by atoms with Crippen LogP contribution in [0.1, 0.15) is 15.9 Å². The predicted octanol–water partition coefficient (Wildman–Crippen LogP) is 3.70. The summed E-state index contributed by atoms with van der Waals surface area (Å²) in [5.74, 6) is 0.463. The summed E-state index contributed by atoms with van der Waals surface area (Å²) in [7, 11) is 0. The van der Waals surface area contributed by atoms with Crippen molar-refractivity contribution in [1.29, 1.82) is 0 Å². The van der Waals surface area contributed by atoms with Crippen molar-refractivity contribution >= 4 is 11.6 Å². The maximum Gasteiger partial charge on any atom is 0.255 e. The molecular weight excluding hydrogens is 274 g/mol. The van der Waals surface area contributed by atoms with Gasteiger partial charge in [-0.2, -0.15) is 0 Å². The van der Waals surface area contributed by atoms with Crippen LogP contribution >= 0.6 is 0 Å². The maximum absolute atomic E-state index is 12.1. The number of nitrogens with one attached hydrogen (secondary N) is 1. The summed E-state index contributed by atoms with van der Waals surface area (Å²) in [6, 6.07) is 17.1. The monoisotopic (exact) mass is 289 g/mol. The Morgan fingerprint density at radius 1 is 0.909 bits per heavy atom. The molecule has 0 spiro atoms. The smallest absolute Gasteiger partial charge is 0.255 e. The lowest BCUT2D eigenvalue weighted by molar-refractivity contribution is 0.102. The van der Waals surface area contributed by atoms with Crippen LogP contribution in [-0.4, -0.2) is 15.9 Å². The quantitative estimate of drug-likeness (QED) is 0.799. The van der Waals surface area contributed by atoms with Crippen LogP contribution < -0.4 is 5.32 Å². The van der Waals surface area contributed by atoms with Gasteiger partial charge in [0.15, 0.2) is 5.82 Å².